The average molecular weight is 182 g/mol. The van der Waals surface area contributed by atoms with Crippen LogP contribution in [-0.2, 0) is 0 Å². The minimum Gasteiger partial charge on any atom is -0.0654 e. The Hall–Kier alpha value is 0. The van der Waals surface area contributed by atoms with E-state index < -0.39 is 0 Å². The Balaban J connectivity index is 2.72. The van der Waals surface area contributed by atoms with Crippen LogP contribution < -0.4 is 0 Å². The summed E-state index contributed by atoms with van der Waals surface area (Å²) in [6.07, 6.45) is 6.99. The highest BCUT2D eigenvalue weighted by Gasteiger charge is 2.67. The fourth-order valence-corrected chi connectivity index (χ4v) is 3.79. The van der Waals surface area contributed by atoms with Gasteiger partial charge in [-0.05, 0) is 36.0 Å². The molecule has 0 aromatic heterocycles. The Morgan fingerprint density at radius 3 is 1.69 bits per heavy atom. The Morgan fingerprint density at radius 1 is 1.00 bits per heavy atom. The second-order valence-electron chi connectivity index (χ2n) is 5.15. The molecule has 1 aliphatic carbocycles. The second kappa shape index (κ2) is 3.63. The zero-order chi connectivity index (χ0) is 10.1. The van der Waals surface area contributed by atoms with E-state index in [1.165, 1.54) is 32.1 Å². The van der Waals surface area contributed by atoms with E-state index in [-0.39, 0.29) is 0 Å². The van der Waals surface area contributed by atoms with Crippen molar-refractivity contribution in [3.63, 3.8) is 0 Å². The lowest BCUT2D eigenvalue weighted by Crippen LogP contribution is -2.10. The van der Waals surface area contributed by atoms with Gasteiger partial charge in [0, 0.05) is 0 Å². The molecule has 2 unspecified atom stereocenters. The van der Waals surface area contributed by atoms with Crippen molar-refractivity contribution in [2.45, 2.75) is 66.7 Å². The first kappa shape index (κ1) is 11.1. The third-order valence-electron chi connectivity index (χ3n) is 4.97. The molecule has 1 fully saturated rings. The zero-order valence-corrected chi connectivity index (χ0v) is 10.1. The van der Waals surface area contributed by atoms with Gasteiger partial charge in [0.05, 0.1) is 0 Å². The molecule has 1 saturated carbocycles. The minimum atomic E-state index is 0.666. The summed E-state index contributed by atoms with van der Waals surface area (Å²) in [4.78, 5) is 0. The number of hydrogen-bond donors (Lipinski definition) is 0. The molecule has 0 aromatic rings. The summed E-state index contributed by atoms with van der Waals surface area (Å²) in [5.74, 6) is 0.963. The van der Waals surface area contributed by atoms with Crippen LogP contribution in [0.4, 0.5) is 0 Å². The lowest BCUT2D eigenvalue weighted by atomic mass is 9.84. The van der Waals surface area contributed by atoms with Crippen molar-refractivity contribution < 1.29 is 0 Å². The predicted octanol–water partition coefficient (Wildman–Crippen LogP) is 4.64. The minimum absolute atomic E-state index is 0.666. The topological polar surface area (TPSA) is 0 Å². The predicted molar refractivity (Wildman–Crippen MR) is 59.8 cm³/mol. The number of rotatable bonds is 5. The van der Waals surface area contributed by atoms with Crippen LogP contribution in [0.3, 0.4) is 0 Å². The smallest absolute Gasteiger partial charge is 0.0210 e. The van der Waals surface area contributed by atoms with E-state index in [1.54, 1.807) is 0 Å². The van der Waals surface area contributed by atoms with Crippen molar-refractivity contribution >= 4 is 0 Å². The van der Waals surface area contributed by atoms with Crippen molar-refractivity contribution in [2.24, 2.45) is 16.7 Å². The van der Waals surface area contributed by atoms with Crippen LogP contribution in [0.15, 0.2) is 0 Å². The van der Waals surface area contributed by atoms with Crippen LogP contribution >= 0.6 is 0 Å². The maximum absolute atomic E-state index is 2.50. The van der Waals surface area contributed by atoms with E-state index in [0.29, 0.717) is 10.8 Å². The molecule has 0 spiro atoms. The van der Waals surface area contributed by atoms with Gasteiger partial charge in [-0.2, -0.15) is 0 Å². The monoisotopic (exact) mass is 182 g/mol. The second-order valence-corrected chi connectivity index (χ2v) is 5.15. The molecule has 1 aliphatic rings. The molecule has 0 radical (unpaired) electrons. The Kier molecular flexibility index (Phi) is 3.09. The van der Waals surface area contributed by atoms with Gasteiger partial charge in [-0.3, -0.25) is 0 Å². The van der Waals surface area contributed by atoms with Gasteiger partial charge in [0.1, 0.15) is 0 Å². The van der Waals surface area contributed by atoms with Crippen molar-refractivity contribution in [2.75, 3.05) is 0 Å². The number of hydrogen-bond acceptors (Lipinski definition) is 0. The molecular formula is C13H26. The molecule has 0 bridgehead atoms. The highest BCUT2D eigenvalue weighted by Crippen LogP contribution is 2.74. The van der Waals surface area contributed by atoms with Crippen LogP contribution in [0.1, 0.15) is 66.7 Å². The van der Waals surface area contributed by atoms with Gasteiger partial charge in [0.15, 0.2) is 0 Å². The van der Waals surface area contributed by atoms with E-state index in [9.17, 15) is 0 Å². The molecule has 0 saturated heterocycles. The van der Waals surface area contributed by atoms with E-state index >= 15 is 0 Å². The van der Waals surface area contributed by atoms with Crippen LogP contribution in [0.25, 0.3) is 0 Å². The van der Waals surface area contributed by atoms with Gasteiger partial charge in [-0.25, -0.2) is 0 Å². The largest absolute Gasteiger partial charge is 0.0654 e. The first-order valence-electron chi connectivity index (χ1n) is 6.09. The summed E-state index contributed by atoms with van der Waals surface area (Å²) in [6.45, 7) is 12.0. The van der Waals surface area contributed by atoms with Crippen molar-refractivity contribution in [1.82, 2.24) is 0 Å². The molecule has 78 valence electrons. The summed E-state index contributed by atoms with van der Waals surface area (Å²) in [5.41, 5.74) is 1.38. The normalized spacial score (nSPS) is 36.2. The SMILES string of the molecule is CCCC1(CCC)C(C)C1(C)CC. The molecule has 2 atom stereocenters. The van der Waals surface area contributed by atoms with Crippen LogP contribution in [0, 0.1) is 16.7 Å². The third kappa shape index (κ3) is 1.33. The molecule has 0 heteroatoms. The third-order valence-corrected chi connectivity index (χ3v) is 4.97. The molecule has 0 aromatic carbocycles. The summed E-state index contributed by atoms with van der Waals surface area (Å²) < 4.78 is 0. The molecule has 0 N–H and O–H groups in total. The maximum atomic E-state index is 2.50. The highest BCUT2D eigenvalue weighted by atomic mass is 14.7. The molecular weight excluding hydrogens is 156 g/mol. The Morgan fingerprint density at radius 2 is 1.46 bits per heavy atom. The lowest BCUT2D eigenvalue weighted by Gasteiger charge is -2.20. The van der Waals surface area contributed by atoms with Crippen LogP contribution in [-0.4, -0.2) is 0 Å². The fourth-order valence-electron chi connectivity index (χ4n) is 3.79. The summed E-state index contributed by atoms with van der Waals surface area (Å²) >= 11 is 0. The molecule has 0 amide bonds. The molecule has 0 nitrogen and oxygen atoms in total. The quantitative estimate of drug-likeness (QED) is 0.581. The summed E-state index contributed by atoms with van der Waals surface area (Å²) in [7, 11) is 0. The molecule has 1 rings (SSSR count). The van der Waals surface area contributed by atoms with E-state index in [2.05, 4.69) is 34.6 Å². The van der Waals surface area contributed by atoms with Gasteiger partial charge >= 0.3 is 0 Å². The van der Waals surface area contributed by atoms with E-state index in [0.717, 1.165) is 5.92 Å². The van der Waals surface area contributed by atoms with Gasteiger partial charge in [0.25, 0.3) is 0 Å². The van der Waals surface area contributed by atoms with Crippen LogP contribution in [0.2, 0.25) is 0 Å². The van der Waals surface area contributed by atoms with Crippen LogP contribution in [0.5, 0.6) is 0 Å². The maximum Gasteiger partial charge on any atom is -0.0210 e. The fraction of sp³-hybridized carbons (Fsp3) is 1.00. The lowest BCUT2D eigenvalue weighted by molar-refractivity contribution is 0.298. The zero-order valence-electron chi connectivity index (χ0n) is 10.1. The van der Waals surface area contributed by atoms with E-state index in [4.69, 9.17) is 0 Å². The van der Waals surface area contributed by atoms with Gasteiger partial charge < -0.3 is 0 Å². The van der Waals surface area contributed by atoms with E-state index in [1.807, 2.05) is 0 Å². The Labute approximate surface area is 84.1 Å². The molecule has 13 heavy (non-hydrogen) atoms. The van der Waals surface area contributed by atoms with Gasteiger partial charge in [0.2, 0.25) is 0 Å². The Bertz CT molecular complexity index is 165. The van der Waals surface area contributed by atoms with Crippen molar-refractivity contribution in [1.29, 1.82) is 0 Å². The highest BCUT2D eigenvalue weighted by molar-refractivity contribution is 5.16. The first-order valence-corrected chi connectivity index (χ1v) is 6.09. The average Bonchev–Trinajstić information content (AvgIpc) is 2.56. The van der Waals surface area contributed by atoms with Crippen molar-refractivity contribution in [3.8, 4) is 0 Å². The first-order chi connectivity index (χ1) is 6.09. The standard InChI is InChI=1S/C13H26/c1-6-9-13(10-7-2)11(4)12(13,5)8-3/h11H,6-10H2,1-5H3. The van der Waals surface area contributed by atoms with Gasteiger partial charge in [-0.15, -0.1) is 0 Å². The summed E-state index contributed by atoms with van der Waals surface area (Å²) in [5, 5.41) is 0. The van der Waals surface area contributed by atoms with Gasteiger partial charge in [-0.1, -0.05) is 47.5 Å². The summed E-state index contributed by atoms with van der Waals surface area (Å²) in [6, 6.07) is 0. The van der Waals surface area contributed by atoms with Crippen molar-refractivity contribution in [3.05, 3.63) is 0 Å². The molecule has 0 aliphatic heterocycles. The molecule has 0 heterocycles.